The molecule has 26 heavy (non-hydrogen) atoms. The fourth-order valence-corrected chi connectivity index (χ4v) is 3.59. The van der Waals surface area contributed by atoms with Crippen molar-refractivity contribution in [1.82, 2.24) is 15.2 Å². The quantitative estimate of drug-likeness (QED) is 0.830. The maximum absolute atomic E-state index is 12.6. The van der Waals surface area contributed by atoms with Gasteiger partial charge < -0.3 is 15.0 Å². The second kappa shape index (κ2) is 8.92. The van der Waals surface area contributed by atoms with E-state index in [1.165, 1.54) is 11.1 Å². The monoisotopic (exact) mass is 353 g/mol. The normalized spacial score (nSPS) is 19.5. The van der Waals surface area contributed by atoms with Gasteiger partial charge in [-0.3, -0.25) is 9.78 Å². The lowest BCUT2D eigenvalue weighted by atomic mass is 9.88. The lowest BCUT2D eigenvalue weighted by Gasteiger charge is -2.28. The van der Waals surface area contributed by atoms with Gasteiger partial charge in [0.25, 0.3) is 0 Å². The fourth-order valence-electron chi connectivity index (χ4n) is 3.59. The third-order valence-electron chi connectivity index (χ3n) is 5.02. The first kappa shape index (κ1) is 18.5. The van der Waals surface area contributed by atoms with Crippen molar-refractivity contribution in [3.05, 3.63) is 65.5 Å². The number of carbonyl (C=O) groups excluding carboxylic acids is 1. The zero-order valence-electron chi connectivity index (χ0n) is 15.5. The van der Waals surface area contributed by atoms with Gasteiger partial charge in [-0.05, 0) is 30.0 Å². The predicted molar refractivity (Wildman–Crippen MR) is 102 cm³/mol. The van der Waals surface area contributed by atoms with Crippen LogP contribution in [-0.4, -0.2) is 49.1 Å². The Labute approximate surface area is 155 Å². The first-order valence-corrected chi connectivity index (χ1v) is 9.10. The summed E-state index contributed by atoms with van der Waals surface area (Å²) >= 11 is 0. The first-order valence-electron chi connectivity index (χ1n) is 9.10. The Morgan fingerprint density at radius 1 is 1.27 bits per heavy atom. The Balaban J connectivity index is 1.74. The number of aromatic nitrogens is 1. The third kappa shape index (κ3) is 4.68. The van der Waals surface area contributed by atoms with Gasteiger partial charge in [0.05, 0.1) is 0 Å². The van der Waals surface area contributed by atoms with Crippen LogP contribution in [-0.2, 0) is 16.1 Å². The molecular weight excluding hydrogens is 326 g/mol. The second-order valence-corrected chi connectivity index (χ2v) is 7.00. The number of pyridine rings is 1. The summed E-state index contributed by atoms with van der Waals surface area (Å²) in [4.78, 5) is 18.6. The van der Waals surface area contributed by atoms with Gasteiger partial charge in [-0.25, -0.2) is 0 Å². The summed E-state index contributed by atoms with van der Waals surface area (Å²) < 4.78 is 5.09. The number of aryl methyl sites for hydroxylation is 1. The molecule has 0 aliphatic carbocycles. The maximum Gasteiger partial charge on any atom is 0.248 e. The molecule has 1 saturated heterocycles. The number of carbonyl (C=O) groups is 1. The number of ether oxygens (including phenoxy) is 1. The van der Waals surface area contributed by atoms with Gasteiger partial charge in [-0.1, -0.05) is 35.9 Å². The molecule has 0 radical (unpaired) electrons. The maximum atomic E-state index is 12.6. The lowest BCUT2D eigenvalue weighted by Crippen LogP contribution is -2.38. The smallest absolute Gasteiger partial charge is 0.248 e. The van der Waals surface area contributed by atoms with Crippen LogP contribution in [0.5, 0.6) is 0 Å². The standard InChI is InChI=1S/C21H27N3O2/c1-16-5-7-18(8-6-16)20-12-23-11-19(20)14-24(21(25)15-26-2)13-17-4-3-9-22-10-17/h3-10,19-20,23H,11-15H2,1-2H3. The summed E-state index contributed by atoms with van der Waals surface area (Å²) in [7, 11) is 1.56. The van der Waals surface area contributed by atoms with E-state index in [0.717, 1.165) is 18.7 Å². The molecule has 0 saturated carbocycles. The summed E-state index contributed by atoms with van der Waals surface area (Å²) in [6, 6.07) is 12.7. The molecule has 2 atom stereocenters. The van der Waals surface area contributed by atoms with Gasteiger partial charge in [-0.2, -0.15) is 0 Å². The number of rotatable bonds is 7. The Hall–Kier alpha value is -2.24. The second-order valence-electron chi connectivity index (χ2n) is 7.00. The highest BCUT2D eigenvalue weighted by atomic mass is 16.5. The van der Waals surface area contributed by atoms with Crippen LogP contribution < -0.4 is 5.32 Å². The molecule has 3 rings (SSSR count). The molecule has 1 aromatic heterocycles. The molecule has 1 aliphatic rings. The molecule has 1 aromatic carbocycles. The van der Waals surface area contributed by atoms with Crippen LogP contribution in [0.15, 0.2) is 48.8 Å². The van der Waals surface area contributed by atoms with E-state index < -0.39 is 0 Å². The highest BCUT2D eigenvalue weighted by Crippen LogP contribution is 2.29. The molecule has 1 fully saturated rings. The molecule has 5 nitrogen and oxygen atoms in total. The van der Waals surface area contributed by atoms with E-state index in [4.69, 9.17) is 4.74 Å². The molecule has 5 heteroatoms. The van der Waals surface area contributed by atoms with Crippen LogP contribution in [0.3, 0.4) is 0 Å². The zero-order valence-corrected chi connectivity index (χ0v) is 15.5. The third-order valence-corrected chi connectivity index (χ3v) is 5.02. The molecule has 2 unspecified atom stereocenters. The van der Waals surface area contributed by atoms with E-state index in [2.05, 4.69) is 41.5 Å². The van der Waals surface area contributed by atoms with Gasteiger partial charge in [0.2, 0.25) is 5.91 Å². The first-order chi connectivity index (χ1) is 12.7. The van der Waals surface area contributed by atoms with Gasteiger partial charge in [-0.15, -0.1) is 0 Å². The lowest BCUT2D eigenvalue weighted by molar-refractivity contribution is -0.136. The largest absolute Gasteiger partial charge is 0.375 e. The van der Waals surface area contributed by atoms with Crippen molar-refractivity contribution in [1.29, 1.82) is 0 Å². The summed E-state index contributed by atoms with van der Waals surface area (Å²) in [6.07, 6.45) is 3.57. The van der Waals surface area contributed by atoms with Crippen molar-refractivity contribution >= 4 is 5.91 Å². The summed E-state index contributed by atoms with van der Waals surface area (Å²) in [5, 5.41) is 3.49. The number of hydrogen-bond donors (Lipinski definition) is 1. The van der Waals surface area contributed by atoms with Crippen LogP contribution in [0, 0.1) is 12.8 Å². The van der Waals surface area contributed by atoms with E-state index >= 15 is 0 Å². The van der Waals surface area contributed by atoms with E-state index in [9.17, 15) is 4.79 Å². The number of nitrogens with one attached hydrogen (secondary N) is 1. The number of nitrogens with zero attached hydrogens (tertiary/aromatic N) is 2. The van der Waals surface area contributed by atoms with Gasteiger partial charge in [0.1, 0.15) is 6.61 Å². The molecule has 2 heterocycles. The Bertz CT molecular complexity index is 703. The summed E-state index contributed by atoms with van der Waals surface area (Å²) in [5.74, 6) is 0.823. The zero-order chi connectivity index (χ0) is 18.4. The Morgan fingerprint density at radius 2 is 2.08 bits per heavy atom. The molecular formula is C21H27N3O2. The van der Waals surface area contributed by atoms with E-state index in [1.54, 1.807) is 13.3 Å². The van der Waals surface area contributed by atoms with E-state index in [-0.39, 0.29) is 12.5 Å². The fraction of sp³-hybridized carbons (Fsp3) is 0.429. The van der Waals surface area contributed by atoms with Gasteiger partial charge in [0, 0.05) is 51.6 Å². The van der Waals surface area contributed by atoms with Crippen molar-refractivity contribution in [3.8, 4) is 0 Å². The molecule has 1 amide bonds. The highest BCUT2D eigenvalue weighted by molar-refractivity contribution is 5.77. The molecule has 0 spiro atoms. The molecule has 1 N–H and O–H groups in total. The minimum absolute atomic E-state index is 0.0194. The van der Waals surface area contributed by atoms with Gasteiger partial charge >= 0.3 is 0 Å². The number of methoxy groups -OCH3 is 1. The molecule has 2 aromatic rings. The Kier molecular flexibility index (Phi) is 6.36. The predicted octanol–water partition coefficient (Wildman–Crippen LogP) is 2.37. The molecule has 138 valence electrons. The topological polar surface area (TPSA) is 54.5 Å². The summed E-state index contributed by atoms with van der Waals surface area (Å²) in [6.45, 7) is 5.36. The van der Waals surface area contributed by atoms with Crippen molar-refractivity contribution in [3.63, 3.8) is 0 Å². The van der Waals surface area contributed by atoms with Crippen LogP contribution in [0.2, 0.25) is 0 Å². The van der Waals surface area contributed by atoms with Crippen LogP contribution in [0.25, 0.3) is 0 Å². The van der Waals surface area contributed by atoms with Gasteiger partial charge in [0.15, 0.2) is 0 Å². The van der Waals surface area contributed by atoms with Crippen molar-refractivity contribution in [2.45, 2.75) is 19.4 Å². The minimum Gasteiger partial charge on any atom is -0.375 e. The Morgan fingerprint density at radius 3 is 2.77 bits per heavy atom. The van der Waals surface area contributed by atoms with Crippen LogP contribution in [0.1, 0.15) is 22.6 Å². The number of benzene rings is 1. The van der Waals surface area contributed by atoms with Crippen LogP contribution in [0.4, 0.5) is 0 Å². The average molecular weight is 353 g/mol. The van der Waals surface area contributed by atoms with Crippen LogP contribution >= 0.6 is 0 Å². The SMILES string of the molecule is COCC(=O)N(Cc1cccnc1)CC1CNCC1c1ccc(C)cc1. The summed E-state index contributed by atoms with van der Waals surface area (Å²) in [5.41, 5.74) is 3.64. The van der Waals surface area contributed by atoms with Crippen molar-refractivity contribution < 1.29 is 9.53 Å². The van der Waals surface area contributed by atoms with Crippen molar-refractivity contribution in [2.24, 2.45) is 5.92 Å². The number of hydrogen-bond acceptors (Lipinski definition) is 4. The average Bonchev–Trinajstić information content (AvgIpc) is 3.11. The number of amides is 1. The van der Waals surface area contributed by atoms with E-state index in [1.807, 2.05) is 23.2 Å². The van der Waals surface area contributed by atoms with E-state index in [0.29, 0.717) is 24.9 Å². The molecule has 0 bridgehead atoms. The minimum atomic E-state index is 0.0194. The highest BCUT2D eigenvalue weighted by Gasteiger charge is 2.31. The molecule has 1 aliphatic heterocycles. The van der Waals surface area contributed by atoms with Crippen molar-refractivity contribution in [2.75, 3.05) is 33.4 Å².